The Balaban J connectivity index is 1.22. The molecule has 0 aliphatic carbocycles. The topological polar surface area (TPSA) is 58.1 Å². The second-order valence-corrected chi connectivity index (χ2v) is 11.4. The van der Waals surface area contributed by atoms with Gasteiger partial charge in [0.15, 0.2) is 17.5 Å². The molecule has 0 bridgehead atoms. The van der Waals surface area contributed by atoms with E-state index in [1.807, 2.05) is 18.3 Å². The van der Waals surface area contributed by atoms with Crippen molar-refractivity contribution in [3.05, 3.63) is 70.7 Å². The van der Waals surface area contributed by atoms with Crippen LogP contribution in [0.4, 0.5) is 13.2 Å². The first kappa shape index (κ1) is 30.3. The van der Waals surface area contributed by atoms with Crippen LogP contribution >= 0.6 is 0 Å². The summed E-state index contributed by atoms with van der Waals surface area (Å²) in [6.45, 7) is 6.26. The third-order valence-electron chi connectivity index (χ3n) is 8.68. The zero-order valence-corrected chi connectivity index (χ0v) is 24.1. The van der Waals surface area contributed by atoms with Crippen molar-refractivity contribution in [3.63, 3.8) is 0 Å². The second-order valence-electron chi connectivity index (χ2n) is 11.4. The average Bonchev–Trinajstić information content (AvgIpc) is 3.01. The van der Waals surface area contributed by atoms with Crippen molar-refractivity contribution in [2.45, 2.75) is 38.6 Å². The minimum atomic E-state index is -1.48. The van der Waals surface area contributed by atoms with Crippen LogP contribution in [0, 0.1) is 34.7 Å². The van der Waals surface area contributed by atoms with Gasteiger partial charge in [-0.25, -0.2) is 13.2 Å². The lowest BCUT2D eigenvalue weighted by molar-refractivity contribution is 0.0339. The maximum atomic E-state index is 13.5. The zero-order valence-electron chi connectivity index (χ0n) is 24.1. The maximum absolute atomic E-state index is 13.5. The molecule has 3 heterocycles. The van der Waals surface area contributed by atoms with Gasteiger partial charge in [-0.2, -0.15) is 0 Å². The number of nitrogens with zero attached hydrogens (tertiary/aromatic N) is 3. The van der Waals surface area contributed by atoms with Gasteiger partial charge < -0.3 is 14.6 Å². The number of aliphatic hydroxyl groups excluding tert-OH is 1. The van der Waals surface area contributed by atoms with Crippen molar-refractivity contribution >= 4 is 10.9 Å². The maximum Gasteiger partial charge on any atom is 0.194 e. The number of piperidine rings is 1. The minimum absolute atomic E-state index is 0.113. The van der Waals surface area contributed by atoms with Crippen LogP contribution in [0.1, 0.15) is 42.4 Å². The lowest BCUT2D eigenvalue weighted by Gasteiger charge is -2.40. The molecule has 0 saturated carbocycles. The minimum Gasteiger partial charge on any atom is -0.497 e. The van der Waals surface area contributed by atoms with Gasteiger partial charge in [0.1, 0.15) is 5.75 Å². The summed E-state index contributed by atoms with van der Waals surface area (Å²) in [6, 6.07) is 7.85. The molecule has 6 nitrogen and oxygen atoms in total. The zero-order chi connectivity index (χ0) is 29.5. The Morgan fingerprint density at radius 2 is 1.76 bits per heavy atom. The van der Waals surface area contributed by atoms with E-state index in [4.69, 9.17) is 14.5 Å². The Kier molecular flexibility index (Phi) is 10.0. The van der Waals surface area contributed by atoms with Crippen molar-refractivity contribution in [1.82, 2.24) is 14.8 Å². The molecular formula is C33H38F3N3O3. The molecule has 0 atom stereocenters. The first-order chi connectivity index (χ1) is 20.4. The van der Waals surface area contributed by atoms with Gasteiger partial charge in [-0.1, -0.05) is 11.8 Å². The fraction of sp³-hybridized carbons (Fsp3) is 0.485. The van der Waals surface area contributed by atoms with E-state index in [-0.39, 0.29) is 17.6 Å². The first-order valence-electron chi connectivity index (χ1n) is 14.6. The number of hydrogen-bond acceptors (Lipinski definition) is 6. The summed E-state index contributed by atoms with van der Waals surface area (Å²) in [7, 11) is 1.68. The van der Waals surface area contributed by atoms with Crippen LogP contribution in [0.2, 0.25) is 0 Å². The van der Waals surface area contributed by atoms with Gasteiger partial charge in [-0.15, -0.1) is 0 Å². The molecule has 0 unspecified atom stereocenters. The van der Waals surface area contributed by atoms with E-state index >= 15 is 0 Å². The predicted molar refractivity (Wildman–Crippen MR) is 156 cm³/mol. The number of benzene rings is 2. The molecule has 9 heteroatoms. The monoisotopic (exact) mass is 581 g/mol. The molecule has 2 aliphatic heterocycles. The van der Waals surface area contributed by atoms with Crippen molar-refractivity contribution < 1.29 is 27.8 Å². The van der Waals surface area contributed by atoms with E-state index < -0.39 is 17.5 Å². The molecule has 0 amide bonds. The Morgan fingerprint density at radius 1 is 1.02 bits per heavy atom. The van der Waals surface area contributed by atoms with E-state index in [1.165, 1.54) is 11.1 Å². The number of methoxy groups -OCH3 is 1. The molecule has 0 radical (unpaired) electrons. The average molecular weight is 582 g/mol. The van der Waals surface area contributed by atoms with Crippen LogP contribution in [-0.2, 0) is 17.7 Å². The smallest absolute Gasteiger partial charge is 0.194 e. The second kappa shape index (κ2) is 13.9. The van der Waals surface area contributed by atoms with Gasteiger partial charge in [0.05, 0.1) is 32.4 Å². The Hall–Kier alpha value is -3.16. The normalized spacial score (nSPS) is 17.6. The van der Waals surface area contributed by atoms with Crippen LogP contribution in [0.3, 0.4) is 0 Å². The summed E-state index contributed by atoms with van der Waals surface area (Å²) >= 11 is 0. The van der Waals surface area contributed by atoms with Crippen LogP contribution < -0.4 is 4.74 Å². The summed E-state index contributed by atoms with van der Waals surface area (Å²) in [6.07, 6.45) is 6.42. The van der Waals surface area contributed by atoms with Gasteiger partial charge in [0.2, 0.25) is 0 Å². The van der Waals surface area contributed by atoms with Crippen LogP contribution in [0.5, 0.6) is 5.75 Å². The number of pyridine rings is 1. The number of aromatic nitrogens is 1. The fourth-order valence-electron chi connectivity index (χ4n) is 6.02. The Bertz CT molecular complexity index is 1420. The third-order valence-corrected chi connectivity index (χ3v) is 8.68. The van der Waals surface area contributed by atoms with E-state index in [1.54, 1.807) is 7.11 Å². The molecule has 2 aliphatic rings. The number of ether oxygens (including phenoxy) is 2. The molecule has 2 fully saturated rings. The molecule has 224 valence electrons. The number of likely N-dealkylation sites (tertiary alicyclic amines) is 1. The molecule has 1 aromatic heterocycles. The van der Waals surface area contributed by atoms with Gasteiger partial charge in [-0.3, -0.25) is 14.8 Å². The number of hydrogen-bond donors (Lipinski definition) is 1. The first-order valence-corrected chi connectivity index (χ1v) is 14.6. The third kappa shape index (κ3) is 7.24. The molecule has 2 saturated heterocycles. The van der Waals surface area contributed by atoms with Crippen molar-refractivity contribution in [1.29, 1.82) is 0 Å². The standard InChI is InChI=1S/C33H38F3N3O3/c1-41-26-6-7-31-28(20-26)27(25(21-37-31)22-39-14-16-42-17-15-39)5-2-8-33(23-40)9-12-38(13-10-33)11-3-4-24-18-29(34)32(36)30(35)19-24/h6-7,18-21,40H,2,5,8-17,22-23H2,1H3. The van der Waals surface area contributed by atoms with Crippen LogP contribution in [0.15, 0.2) is 36.5 Å². The van der Waals surface area contributed by atoms with E-state index in [0.717, 1.165) is 107 Å². The quantitative estimate of drug-likeness (QED) is 0.286. The predicted octanol–water partition coefficient (Wildman–Crippen LogP) is 4.94. The highest BCUT2D eigenvalue weighted by Crippen LogP contribution is 2.37. The van der Waals surface area contributed by atoms with Crippen LogP contribution in [0.25, 0.3) is 10.9 Å². The molecule has 1 N–H and O–H groups in total. The highest BCUT2D eigenvalue weighted by atomic mass is 19.2. The number of halogens is 3. The van der Waals surface area contributed by atoms with Crippen molar-refractivity contribution in [3.8, 4) is 17.6 Å². The molecule has 5 rings (SSSR count). The summed E-state index contributed by atoms with van der Waals surface area (Å²) < 4.78 is 51.2. The highest BCUT2D eigenvalue weighted by Gasteiger charge is 2.33. The molecule has 2 aromatic carbocycles. The fourth-order valence-corrected chi connectivity index (χ4v) is 6.02. The van der Waals surface area contributed by atoms with Gasteiger partial charge in [-0.05, 0) is 92.1 Å². The Labute approximate surface area is 245 Å². The number of aliphatic hydroxyl groups is 1. The Morgan fingerprint density at radius 3 is 2.45 bits per heavy atom. The SMILES string of the molecule is COc1ccc2ncc(CN3CCOCC3)c(CCCC3(CO)CCN(CC#Cc4cc(F)c(F)c(F)c4)CC3)c2c1. The van der Waals surface area contributed by atoms with E-state index in [2.05, 4.69) is 27.7 Å². The number of aryl methyl sites for hydroxylation is 1. The number of morpholine rings is 1. The molecule has 3 aromatic rings. The lowest BCUT2D eigenvalue weighted by atomic mass is 9.75. The van der Waals surface area contributed by atoms with Crippen molar-refractivity contribution in [2.24, 2.45) is 5.41 Å². The highest BCUT2D eigenvalue weighted by molar-refractivity contribution is 5.84. The summed E-state index contributed by atoms with van der Waals surface area (Å²) in [5.74, 6) is 2.53. The van der Waals surface area contributed by atoms with Gasteiger partial charge in [0, 0.05) is 43.4 Å². The van der Waals surface area contributed by atoms with E-state index in [0.29, 0.717) is 6.54 Å². The summed E-state index contributed by atoms with van der Waals surface area (Å²) in [4.78, 5) is 9.34. The number of rotatable bonds is 9. The lowest BCUT2D eigenvalue weighted by Crippen LogP contribution is -2.42. The van der Waals surface area contributed by atoms with Crippen LogP contribution in [-0.4, -0.2) is 79.5 Å². The number of fused-ring (bicyclic) bond motifs is 1. The largest absolute Gasteiger partial charge is 0.497 e. The van der Waals surface area contributed by atoms with E-state index in [9.17, 15) is 18.3 Å². The molecular weight excluding hydrogens is 543 g/mol. The van der Waals surface area contributed by atoms with Gasteiger partial charge in [0.25, 0.3) is 0 Å². The summed E-state index contributed by atoms with van der Waals surface area (Å²) in [5.41, 5.74) is 3.43. The molecule has 42 heavy (non-hydrogen) atoms. The summed E-state index contributed by atoms with van der Waals surface area (Å²) in [5, 5.41) is 11.6. The molecule has 0 spiro atoms. The van der Waals surface area contributed by atoms with Crippen molar-refractivity contribution in [2.75, 3.05) is 59.7 Å². The van der Waals surface area contributed by atoms with Gasteiger partial charge >= 0.3 is 0 Å².